The summed E-state index contributed by atoms with van der Waals surface area (Å²) in [6, 6.07) is 0. The van der Waals surface area contributed by atoms with Crippen molar-refractivity contribution in [3.63, 3.8) is 0 Å². The Hall–Kier alpha value is -0.900. The summed E-state index contributed by atoms with van der Waals surface area (Å²) >= 11 is 0. The number of rotatable bonds is 0. The van der Waals surface area contributed by atoms with Crippen LogP contribution in [0.3, 0.4) is 0 Å². The van der Waals surface area contributed by atoms with Crippen LogP contribution in [0.5, 0.6) is 0 Å². The van der Waals surface area contributed by atoms with Crippen molar-refractivity contribution in [3.05, 3.63) is 0 Å². The van der Waals surface area contributed by atoms with Crippen LogP contribution in [0.15, 0.2) is 0 Å². The fourth-order valence-electron chi connectivity index (χ4n) is 0. The smallest absolute Gasteiger partial charge is 0.290 e. The van der Waals surface area contributed by atoms with Gasteiger partial charge < -0.3 is 15.6 Å². The van der Waals surface area contributed by atoms with Crippen LogP contribution in [0.2, 0.25) is 0 Å². The second kappa shape index (κ2) is 131. The topological polar surface area (TPSA) is 80.4 Å². The minimum Gasteiger partial charge on any atom is -0.483 e. The number of hydrogen-bond acceptors (Lipinski definition) is 3. The van der Waals surface area contributed by atoms with E-state index in [1.807, 2.05) is 0 Å². The van der Waals surface area contributed by atoms with Crippen LogP contribution >= 0.6 is 0 Å². The summed E-state index contributed by atoms with van der Waals surface area (Å²) < 4.78 is 11.4. The number of carbonyl (C=O) groups excluding carboxylic acids is 1. The SMILES string of the molecule is CN.[3H]C(=O)O.[3H]C(C)=O. The van der Waals surface area contributed by atoms with E-state index in [2.05, 4.69) is 5.73 Å². The first-order valence-electron chi connectivity index (χ1n) is 2.71. The Morgan fingerprint density at radius 3 is 1.62 bits per heavy atom. The molecule has 0 saturated carbocycles. The highest BCUT2D eigenvalue weighted by molar-refractivity contribution is 5.44. The van der Waals surface area contributed by atoms with E-state index in [1.54, 1.807) is 0 Å². The number of carbonyl (C=O) groups is 2. The average Bonchev–Trinajstić information content (AvgIpc) is 1.66. The van der Waals surface area contributed by atoms with Crippen molar-refractivity contribution in [2.45, 2.75) is 6.92 Å². The Morgan fingerprint density at radius 2 is 1.62 bits per heavy atom. The van der Waals surface area contributed by atoms with E-state index in [4.69, 9.17) is 17.4 Å². The van der Waals surface area contributed by atoms with Crippen LogP contribution in [-0.2, 0) is 9.59 Å². The molecular weight excluding hydrogens is 110 g/mol. The largest absolute Gasteiger partial charge is 0.483 e. The number of nitrogens with two attached hydrogens (primary N) is 1. The predicted octanol–water partition coefficient (Wildman–Crippen LogP) is -0.519. The molecule has 0 aliphatic rings. The van der Waals surface area contributed by atoms with Gasteiger partial charge >= 0.3 is 0 Å². The fourth-order valence-corrected chi connectivity index (χ4v) is 0. The maximum atomic E-state index is 9.11. The van der Waals surface area contributed by atoms with Crippen molar-refractivity contribution in [2.75, 3.05) is 7.05 Å². The van der Waals surface area contributed by atoms with Crippen LogP contribution in [0.1, 0.15) is 9.67 Å². The second-order valence-electron chi connectivity index (χ2n) is 0.295. The molecule has 8 heavy (non-hydrogen) atoms. The second-order valence-corrected chi connectivity index (χ2v) is 0.295. The van der Waals surface area contributed by atoms with Crippen molar-refractivity contribution in [3.8, 4) is 0 Å². The summed E-state index contributed by atoms with van der Waals surface area (Å²) in [4.78, 5) is 17.8. The molecule has 4 nitrogen and oxygen atoms in total. The lowest BCUT2D eigenvalue weighted by Crippen LogP contribution is -1.69. The van der Waals surface area contributed by atoms with E-state index in [9.17, 15) is 0 Å². The van der Waals surface area contributed by atoms with Gasteiger partial charge in [-0.25, -0.2) is 0 Å². The van der Waals surface area contributed by atoms with Crippen LogP contribution in [0.25, 0.3) is 0 Å². The van der Waals surface area contributed by atoms with Crippen molar-refractivity contribution < 1.29 is 17.4 Å². The van der Waals surface area contributed by atoms with Crippen LogP contribution in [-0.4, -0.2) is 24.9 Å². The normalized spacial score (nSPS) is 7.38. The molecule has 0 fully saturated rings. The monoisotopic (exact) mass is 125 g/mol. The molecule has 0 aromatic heterocycles. The van der Waals surface area contributed by atoms with E-state index in [1.165, 1.54) is 14.0 Å². The van der Waals surface area contributed by atoms with Gasteiger partial charge in [-0.2, -0.15) is 0 Å². The summed E-state index contributed by atoms with van der Waals surface area (Å²) in [6.45, 7) is 1.19. The van der Waals surface area contributed by atoms with Gasteiger partial charge in [0.15, 0.2) is 1.37 Å². The molecule has 0 aliphatic heterocycles. The van der Waals surface area contributed by atoms with Crippen molar-refractivity contribution >= 4 is 12.7 Å². The summed E-state index contributed by atoms with van der Waals surface area (Å²) in [6.07, 6.45) is -2.17. The first kappa shape index (κ1) is 7.10. The average molecular weight is 125 g/mol. The molecular formula is C4H11NO3. The van der Waals surface area contributed by atoms with Gasteiger partial charge in [-0.1, -0.05) is 0 Å². The Bertz CT molecular complexity index is 76.5. The number of aldehydes is 1. The quantitative estimate of drug-likeness (QED) is 0.427. The first-order chi connectivity index (χ1) is 4.46. The molecule has 0 amide bonds. The third kappa shape index (κ3) is 106. The molecule has 0 spiro atoms. The third-order valence-corrected chi connectivity index (χ3v) is 0. The highest BCUT2D eigenvalue weighted by atomic mass is 16.3. The van der Waals surface area contributed by atoms with Crippen LogP contribution in [0.4, 0.5) is 0 Å². The number of carboxylic acid groups (broad SMARTS) is 1. The van der Waals surface area contributed by atoms with Crippen molar-refractivity contribution in [1.82, 2.24) is 0 Å². The molecule has 3 N–H and O–H groups in total. The van der Waals surface area contributed by atoms with Gasteiger partial charge in [0.2, 0.25) is 0 Å². The van der Waals surface area contributed by atoms with Crippen LogP contribution in [0, 0.1) is 0 Å². The van der Waals surface area contributed by atoms with Crippen LogP contribution < -0.4 is 5.73 Å². The summed E-state index contributed by atoms with van der Waals surface area (Å²) in [5.74, 6) is 0. The molecule has 0 aromatic rings. The lowest BCUT2D eigenvalue weighted by atomic mass is 11.0. The zero-order valence-electron chi connectivity index (χ0n) is 6.84. The molecule has 0 aromatic carbocycles. The van der Waals surface area contributed by atoms with E-state index >= 15 is 0 Å². The third-order valence-electron chi connectivity index (χ3n) is 0. The van der Waals surface area contributed by atoms with Crippen molar-refractivity contribution in [1.29, 1.82) is 0 Å². The van der Waals surface area contributed by atoms with E-state index in [-0.39, 0.29) is 0 Å². The standard InChI is InChI=1S/C2H4O.CH5N.CH2O2/c1-2-3;1-2;2-1-3/h2H,1H3;2H2,1H3;1H,(H,2,3)/i2T;;1T. The molecule has 0 atom stereocenters. The van der Waals surface area contributed by atoms with E-state index in [0.29, 0.717) is 0 Å². The first-order valence-corrected chi connectivity index (χ1v) is 1.71. The lowest BCUT2D eigenvalue weighted by Gasteiger charge is -1.34. The van der Waals surface area contributed by atoms with Gasteiger partial charge in [0.25, 0.3) is 6.45 Å². The zero-order valence-corrected chi connectivity index (χ0v) is 4.84. The van der Waals surface area contributed by atoms with E-state index in [0.717, 1.165) is 0 Å². The minimum atomic E-state index is -1.58. The van der Waals surface area contributed by atoms with Gasteiger partial charge in [0, 0.05) is 0 Å². The molecule has 0 unspecified atom stereocenters. The van der Waals surface area contributed by atoms with Gasteiger partial charge in [-0.15, -0.1) is 0 Å². The van der Waals surface area contributed by atoms with Crippen molar-refractivity contribution in [2.24, 2.45) is 5.73 Å². The van der Waals surface area contributed by atoms with Gasteiger partial charge in [-0.3, -0.25) is 4.79 Å². The molecule has 4 heteroatoms. The Balaban J connectivity index is -0.0000000787. The Kier molecular flexibility index (Phi) is 116. The Labute approximate surface area is 51.1 Å². The van der Waals surface area contributed by atoms with E-state index < -0.39 is 12.7 Å². The maximum Gasteiger partial charge on any atom is 0.290 e. The highest BCUT2D eigenvalue weighted by Crippen LogP contribution is 1.13. The molecule has 50 valence electrons. The Morgan fingerprint density at radius 1 is 1.62 bits per heavy atom. The molecule has 0 saturated heterocycles. The molecule has 0 radical (unpaired) electrons. The maximum absolute atomic E-state index is 9.11. The summed E-state index contributed by atoms with van der Waals surface area (Å²) in [7, 11) is 1.50. The number of hydrogen-bond donors (Lipinski definition) is 2. The van der Waals surface area contributed by atoms with Gasteiger partial charge in [0.05, 0.1) is 0 Å². The molecule has 0 rings (SSSR count). The summed E-state index contributed by atoms with van der Waals surface area (Å²) in [5, 5.41) is 7.08. The molecule has 0 bridgehead atoms. The summed E-state index contributed by atoms with van der Waals surface area (Å²) in [5.41, 5.74) is 4.50. The zero-order chi connectivity index (χ0) is 9.15. The fraction of sp³-hybridized carbons (Fsp3) is 0.500. The lowest BCUT2D eigenvalue weighted by molar-refractivity contribution is -0.122. The van der Waals surface area contributed by atoms with Gasteiger partial charge in [0.1, 0.15) is 7.63 Å². The molecule has 0 heterocycles. The minimum absolute atomic E-state index is 0.583. The van der Waals surface area contributed by atoms with Gasteiger partial charge in [-0.05, 0) is 14.0 Å². The highest BCUT2D eigenvalue weighted by Gasteiger charge is 1.24. The molecule has 0 aliphatic carbocycles. The predicted molar refractivity (Wildman–Crippen MR) is 30.5 cm³/mol.